The van der Waals surface area contributed by atoms with Crippen molar-refractivity contribution in [2.75, 3.05) is 41.4 Å². The van der Waals surface area contributed by atoms with E-state index in [4.69, 9.17) is 0 Å². The van der Waals surface area contributed by atoms with Crippen LogP contribution in [0.25, 0.3) is 10.4 Å². The molecule has 5 rings (SSSR count). The summed E-state index contributed by atoms with van der Waals surface area (Å²) in [6.07, 6.45) is 0. The number of nitrogens with zero attached hydrogens (tertiary/aromatic N) is 3. The van der Waals surface area contributed by atoms with Crippen LogP contribution in [-0.2, 0) is 11.3 Å². The number of carbonyl (C=O) groups is 3. The van der Waals surface area contributed by atoms with Crippen LogP contribution in [0.2, 0.25) is 0 Å². The number of aliphatic hydroxyl groups excluding tert-OH is 1. The lowest BCUT2D eigenvalue weighted by Crippen LogP contribution is -2.52. The molecule has 0 saturated heterocycles. The molecule has 0 aliphatic carbocycles. The first-order valence-corrected chi connectivity index (χ1v) is 13.9. The zero-order valence-corrected chi connectivity index (χ0v) is 23.5. The number of hydrogen-bond donors (Lipinski definition) is 2. The van der Waals surface area contributed by atoms with Gasteiger partial charge in [-0.25, -0.2) is 9.18 Å². The van der Waals surface area contributed by atoms with Crippen molar-refractivity contribution in [2.24, 2.45) is 0 Å². The molecule has 41 heavy (non-hydrogen) atoms. The molecule has 1 aliphatic heterocycles. The number of halogens is 1. The van der Waals surface area contributed by atoms with Gasteiger partial charge in [0.2, 0.25) is 5.91 Å². The predicted molar refractivity (Wildman–Crippen MR) is 159 cm³/mol. The van der Waals surface area contributed by atoms with Gasteiger partial charge in [-0.3, -0.25) is 14.5 Å². The number of urea groups is 1. The van der Waals surface area contributed by atoms with Gasteiger partial charge in [0.1, 0.15) is 18.0 Å². The van der Waals surface area contributed by atoms with Gasteiger partial charge in [-0.2, -0.15) is 0 Å². The van der Waals surface area contributed by atoms with Gasteiger partial charge in [-0.1, -0.05) is 36.4 Å². The number of para-hydroxylation sites is 2. The molecule has 3 aromatic carbocycles. The summed E-state index contributed by atoms with van der Waals surface area (Å²) in [6.45, 7) is 1.33. The maximum atomic E-state index is 14.8. The van der Waals surface area contributed by atoms with Gasteiger partial charge in [0.05, 0.1) is 18.0 Å². The summed E-state index contributed by atoms with van der Waals surface area (Å²) in [4.78, 5) is 44.3. The smallest absolute Gasteiger partial charge is 0.322 e. The van der Waals surface area contributed by atoms with Crippen molar-refractivity contribution < 1.29 is 23.9 Å². The Hall–Kier alpha value is -4.54. The summed E-state index contributed by atoms with van der Waals surface area (Å²) in [5, 5.41) is 14.1. The number of aryl methyl sites for hydroxylation is 1. The standard InChI is InChI=1S/C31H29FN4O4S/c1-20-17-21(30(39)34(2)25-9-4-3-7-23(25)27-11-6-16-41-27)12-13-22(20)18-33-31(40)36-19-28(38)35(14-15-37)26-10-5-8-24(32)29(26)36/h3-13,16-17,37H,14-15,18-19H2,1-2H3,(H,33,40). The van der Waals surface area contributed by atoms with Gasteiger partial charge in [-0.05, 0) is 59.8 Å². The third kappa shape index (κ3) is 5.57. The Bertz CT molecular complexity index is 1610. The molecule has 2 N–H and O–H groups in total. The van der Waals surface area contributed by atoms with E-state index >= 15 is 0 Å². The number of nitrogens with one attached hydrogen (secondary N) is 1. The number of carbonyl (C=O) groups excluding carboxylic acids is 3. The summed E-state index contributed by atoms with van der Waals surface area (Å²) in [5.74, 6) is -1.23. The highest BCUT2D eigenvalue weighted by Gasteiger charge is 2.34. The fraction of sp³-hybridized carbons (Fsp3) is 0.194. The number of benzene rings is 3. The Balaban J connectivity index is 1.30. The molecule has 8 nitrogen and oxygen atoms in total. The molecule has 4 amide bonds. The van der Waals surface area contributed by atoms with Crippen molar-refractivity contribution in [1.82, 2.24) is 5.32 Å². The van der Waals surface area contributed by atoms with Gasteiger partial charge in [0.25, 0.3) is 5.91 Å². The van der Waals surface area contributed by atoms with E-state index in [2.05, 4.69) is 5.32 Å². The average Bonchev–Trinajstić information content (AvgIpc) is 3.52. The number of aliphatic hydroxyl groups is 1. The van der Waals surface area contributed by atoms with Crippen molar-refractivity contribution in [3.8, 4) is 10.4 Å². The number of amides is 4. The molecule has 0 saturated carbocycles. The minimum atomic E-state index is -0.642. The lowest BCUT2D eigenvalue weighted by molar-refractivity contribution is -0.117. The van der Waals surface area contributed by atoms with Crippen LogP contribution in [-0.4, -0.2) is 49.7 Å². The Morgan fingerprint density at radius 3 is 2.61 bits per heavy atom. The second kappa shape index (κ2) is 11.9. The topological polar surface area (TPSA) is 93.2 Å². The molecule has 210 valence electrons. The van der Waals surface area contributed by atoms with Crippen LogP contribution >= 0.6 is 11.3 Å². The van der Waals surface area contributed by atoms with Gasteiger partial charge in [-0.15, -0.1) is 11.3 Å². The normalized spacial score (nSPS) is 12.7. The van der Waals surface area contributed by atoms with Gasteiger partial charge >= 0.3 is 6.03 Å². The SMILES string of the molecule is Cc1cc(C(=O)N(C)c2ccccc2-c2cccs2)ccc1CNC(=O)N1CC(=O)N(CCO)c2cccc(F)c21. The van der Waals surface area contributed by atoms with Crippen LogP contribution < -0.4 is 20.0 Å². The Morgan fingerprint density at radius 1 is 1.07 bits per heavy atom. The predicted octanol–water partition coefficient (Wildman–Crippen LogP) is 5.19. The number of rotatable bonds is 7. The van der Waals surface area contributed by atoms with E-state index in [1.807, 2.05) is 48.7 Å². The summed E-state index contributed by atoms with van der Waals surface area (Å²) in [7, 11) is 1.75. The van der Waals surface area contributed by atoms with E-state index in [9.17, 15) is 23.9 Å². The van der Waals surface area contributed by atoms with Gasteiger partial charge < -0.3 is 20.2 Å². The van der Waals surface area contributed by atoms with Crippen LogP contribution in [0.3, 0.4) is 0 Å². The molecule has 0 fully saturated rings. The fourth-order valence-electron chi connectivity index (χ4n) is 4.94. The Morgan fingerprint density at radius 2 is 1.88 bits per heavy atom. The van der Waals surface area contributed by atoms with Crippen LogP contribution in [0.4, 0.5) is 26.2 Å². The second-order valence-corrected chi connectivity index (χ2v) is 10.6. The molecular formula is C31H29FN4O4S. The number of fused-ring (bicyclic) bond motifs is 1. The van der Waals surface area contributed by atoms with Crippen molar-refractivity contribution in [3.63, 3.8) is 0 Å². The molecule has 0 bridgehead atoms. The van der Waals surface area contributed by atoms with E-state index in [0.717, 1.165) is 32.2 Å². The third-order valence-electron chi connectivity index (χ3n) is 7.07. The van der Waals surface area contributed by atoms with Crippen molar-refractivity contribution in [3.05, 3.63) is 101 Å². The summed E-state index contributed by atoms with van der Waals surface area (Å²) >= 11 is 1.61. The Kier molecular flexibility index (Phi) is 8.14. The Labute approximate surface area is 241 Å². The quantitative estimate of drug-likeness (QED) is 0.319. The number of hydrogen-bond acceptors (Lipinski definition) is 5. The lowest BCUT2D eigenvalue weighted by atomic mass is 10.0. The maximum absolute atomic E-state index is 14.8. The average molecular weight is 573 g/mol. The van der Waals surface area contributed by atoms with Gasteiger partial charge in [0, 0.05) is 36.1 Å². The largest absolute Gasteiger partial charge is 0.395 e. The van der Waals surface area contributed by atoms with Gasteiger partial charge in [0.15, 0.2) is 0 Å². The highest BCUT2D eigenvalue weighted by Crippen LogP contribution is 2.36. The molecule has 10 heteroatoms. The van der Waals surface area contributed by atoms with Crippen molar-refractivity contribution in [1.29, 1.82) is 0 Å². The number of β-amino-alcohol motifs (C(OH)–C–C–N with tert-alkyl or cyclic N) is 1. The van der Waals surface area contributed by atoms with Crippen LogP contribution in [0.15, 0.2) is 78.2 Å². The van der Waals surface area contributed by atoms with Crippen LogP contribution in [0.5, 0.6) is 0 Å². The van der Waals surface area contributed by atoms with Crippen molar-refractivity contribution in [2.45, 2.75) is 13.5 Å². The number of thiophene rings is 1. The van der Waals surface area contributed by atoms with E-state index in [1.165, 1.54) is 17.0 Å². The molecular weight excluding hydrogens is 543 g/mol. The minimum Gasteiger partial charge on any atom is -0.395 e. The molecule has 0 atom stereocenters. The highest BCUT2D eigenvalue weighted by molar-refractivity contribution is 7.13. The van der Waals surface area contributed by atoms with Crippen LogP contribution in [0, 0.1) is 12.7 Å². The van der Waals surface area contributed by atoms with E-state index in [0.29, 0.717) is 5.56 Å². The van der Waals surface area contributed by atoms with E-state index in [1.54, 1.807) is 47.5 Å². The maximum Gasteiger partial charge on any atom is 0.322 e. The summed E-state index contributed by atoms with van der Waals surface area (Å²) in [6, 6.07) is 20.6. The first-order chi connectivity index (χ1) is 19.8. The minimum absolute atomic E-state index is 0.00379. The first kappa shape index (κ1) is 28.0. The monoisotopic (exact) mass is 572 g/mol. The summed E-state index contributed by atoms with van der Waals surface area (Å²) in [5.41, 5.74) is 4.07. The van der Waals surface area contributed by atoms with Crippen molar-refractivity contribution >= 4 is 46.2 Å². The highest BCUT2D eigenvalue weighted by atomic mass is 32.1. The molecule has 1 aromatic heterocycles. The molecule has 1 aliphatic rings. The molecule has 2 heterocycles. The third-order valence-corrected chi connectivity index (χ3v) is 7.97. The fourth-order valence-corrected chi connectivity index (χ4v) is 5.70. The molecule has 0 radical (unpaired) electrons. The van der Waals surface area contributed by atoms with E-state index < -0.39 is 17.8 Å². The summed E-state index contributed by atoms with van der Waals surface area (Å²) < 4.78 is 14.8. The first-order valence-electron chi connectivity index (χ1n) is 13.1. The molecule has 0 unspecified atom stereocenters. The van der Waals surface area contributed by atoms with Crippen LogP contribution in [0.1, 0.15) is 21.5 Å². The second-order valence-electron chi connectivity index (χ2n) is 9.62. The zero-order chi connectivity index (χ0) is 29.1. The molecule has 4 aromatic rings. The van der Waals surface area contributed by atoms with E-state index in [-0.39, 0.29) is 43.5 Å². The molecule has 0 spiro atoms. The zero-order valence-electron chi connectivity index (χ0n) is 22.6. The lowest BCUT2D eigenvalue weighted by Gasteiger charge is -2.36. The number of anilines is 3.